The second kappa shape index (κ2) is 7.12. The van der Waals surface area contributed by atoms with Crippen molar-refractivity contribution in [2.75, 3.05) is 54.5 Å². The molecule has 0 spiro atoms. The first-order valence-electron chi connectivity index (χ1n) is 7.01. The van der Waals surface area contributed by atoms with Crippen molar-refractivity contribution in [3.05, 3.63) is 11.7 Å². The fourth-order valence-corrected chi connectivity index (χ4v) is 2.43. The van der Waals surface area contributed by atoms with Crippen LogP contribution in [0.2, 0.25) is 0 Å². The number of rotatable bonds is 6. The smallest absolute Gasteiger partial charge is 0.228 e. The van der Waals surface area contributed by atoms with E-state index in [4.69, 9.17) is 9.26 Å². The summed E-state index contributed by atoms with van der Waals surface area (Å²) in [5.41, 5.74) is 0. The predicted octanol–water partition coefficient (Wildman–Crippen LogP) is -0.235. The van der Waals surface area contributed by atoms with Gasteiger partial charge >= 0.3 is 0 Å². The molecular weight excluding hydrogens is 258 g/mol. The van der Waals surface area contributed by atoms with E-state index >= 15 is 0 Å². The predicted molar refractivity (Wildman–Crippen MR) is 75.6 cm³/mol. The van der Waals surface area contributed by atoms with Crippen LogP contribution in [0.15, 0.2) is 4.52 Å². The first-order chi connectivity index (χ1) is 9.63. The highest BCUT2D eigenvalue weighted by Gasteiger charge is 2.28. The van der Waals surface area contributed by atoms with Crippen LogP contribution in [0.5, 0.6) is 0 Å². The minimum absolute atomic E-state index is 0.194. The topological polar surface area (TPSA) is 66.7 Å². The summed E-state index contributed by atoms with van der Waals surface area (Å²) >= 11 is 0. The van der Waals surface area contributed by atoms with Crippen LogP contribution in [0.3, 0.4) is 0 Å². The van der Waals surface area contributed by atoms with Gasteiger partial charge in [0.05, 0.1) is 12.6 Å². The molecule has 2 unspecified atom stereocenters. The number of ether oxygens (including phenoxy) is 1. The van der Waals surface area contributed by atoms with Gasteiger partial charge in [-0.1, -0.05) is 5.16 Å². The summed E-state index contributed by atoms with van der Waals surface area (Å²) in [6, 6.07) is 0.404. The molecule has 0 amide bonds. The molecule has 1 aliphatic heterocycles. The Bertz CT molecular complexity index is 411. The number of hydrogen-bond acceptors (Lipinski definition) is 7. The number of nitrogens with zero attached hydrogens (tertiary/aromatic N) is 4. The fourth-order valence-electron chi connectivity index (χ4n) is 2.43. The zero-order chi connectivity index (χ0) is 14.5. The van der Waals surface area contributed by atoms with Crippen molar-refractivity contribution in [2.45, 2.75) is 18.5 Å². The van der Waals surface area contributed by atoms with Gasteiger partial charge in [-0.3, -0.25) is 4.90 Å². The quantitative estimate of drug-likeness (QED) is 0.773. The summed E-state index contributed by atoms with van der Waals surface area (Å²) in [6.45, 7) is 3.66. The second-order valence-electron chi connectivity index (χ2n) is 5.45. The molecule has 0 aliphatic carbocycles. The van der Waals surface area contributed by atoms with E-state index in [-0.39, 0.29) is 12.1 Å². The lowest BCUT2D eigenvalue weighted by Gasteiger charge is -2.35. The van der Waals surface area contributed by atoms with Gasteiger partial charge in [0, 0.05) is 39.2 Å². The lowest BCUT2D eigenvalue weighted by Crippen LogP contribution is -2.45. The van der Waals surface area contributed by atoms with E-state index in [1.54, 1.807) is 7.11 Å². The highest BCUT2D eigenvalue weighted by Crippen LogP contribution is 2.21. The molecule has 1 aromatic rings. The Morgan fingerprint density at radius 3 is 2.95 bits per heavy atom. The first kappa shape index (κ1) is 15.4. The largest absolute Gasteiger partial charge is 0.383 e. The average molecular weight is 283 g/mol. The van der Waals surface area contributed by atoms with Crippen molar-refractivity contribution in [3.8, 4) is 0 Å². The van der Waals surface area contributed by atoms with Crippen LogP contribution in [-0.4, -0.2) is 80.5 Å². The van der Waals surface area contributed by atoms with Gasteiger partial charge in [0.25, 0.3) is 0 Å². The number of methoxy groups -OCH3 is 1. The molecule has 0 bridgehead atoms. The minimum atomic E-state index is 0.194. The maximum atomic E-state index is 5.38. The molecule has 2 rings (SSSR count). The number of nitrogens with one attached hydrogen (secondary N) is 1. The van der Waals surface area contributed by atoms with Crippen LogP contribution in [0.4, 0.5) is 0 Å². The van der Waals surface area contributed by atoms with E-state index < -0.39 is 0 Å². The van der Waals surface area contributed by atoms with Gasteiger partial charge in [-0.15, -0.1) is 0 Å². The van der Waals surface area contributed by atoms with Crippen LogP contribution in [0, 0.1) is 0 Å². The molecule has 7 nitrogen and oxygen atoms in total. The average Bonchev–Trinajstić information content (AvgIpc) is 2.89. The Labute approximate surface area is 120 Å². The van der Waals surface area contributed by atoms with Crippen LogP contribution < -0.4 is 5.32 Å². The highest BCUT2D eigenvalue weighted by molar-refractivity contribution is 4.99. The van der Waals surface area contributed by atoms with E-state index in [0.717, 1.165) is 25.5 Å². The molecule has 1 aliphatic rings. The lowest BCUT2D eigenvalue weighted by molar-refractivity contribution is 0.108. The third-order valence-electron chi connectivity index (χ3n) is 3.83. The van der Waals surface area contributed by atoms with E-state index in [9.17, 15) is 0 Å². The lowest BCUT2D eigenvalue weighted by atomic mass is 10.2. The molecule has 1 aromatic heterocycles. The Kier molecular flexibility index (Phi) is 5.47. The fraction of sp³-hybridized carbons (Fsp3) is 0.846. The Morgan fingerprint density at radius 1 is 1.45 bits per heavy atom. The van der Waals surface area contributed by atoms with Crippen LogP contribution >= 0.6 is 0 Å². The Balaban J connectivity index is 2.00. The van der Waals surface area contributed by atoms with E-state index in [1.165, 1.54) is 0 Å². The maximum absolute atomic E-state index is 5.38. The molecule has 0 aromatic carbocycles. The molecule has 114 valence electrons. The maximum Gasteiger partial charge on any atom is 0.228 e. The van der Waals surface area contributed by atoms with Crippen molar-refractivity contribution in [2.24, 2.45) is 0 Å². The molecule has 1 saturated heterocycles. The van der Waals surface area contributed by atoms with Gasteiger partial charge in [-0.2, -0.15) is 4.98 Å². The summed E-state index contributed by atoms with van der Waals surface area (Å²) in [5.74, 6) is 1.44. The zero-order valence-electron chi connectivity index (χ0n) is 12.8. The zero-order valence-corrected chi connectivity index (χ0v) is 12.8. The molecule has 1 N–H and O–H groups in total. The second-order valence-corrected chi connectivity index (χ2v) is 5.45. The number of likely N-dealkylation sites (N-methyl/N-ethyl adjacent to an activating group) is 3. The van der Waals surface area contributed by atoms with Crippen LogP contribution in [-0.2, 0) is 11.2 Å². The molecule has 2 atom stereocenters. The van der Waals surface area contributed by atoms with E-state index in [2.05, 4.69) is 39.4 Å². The summed E-state index contributed by atoms with van der Waals surface area (Å²) in [4.78, 5) is 9.12. The van der Waals surface area contributed by atoms with Gasteiger partial charge in [-0.25, -0.2) is 0 Å². The van der Waals surface area contributed by atoms with Gasteiger partial charge < -0.3 is 19.5 Å². The van der Waals surface area contributed by atoms with Crippen molar-refractivity contribution < 1.29 is 9.26 Å². The molecule has 0 radical (unpaired) electrons. The molecular formula is C13H25N5O2. The minimum Gasteiger partial charge on any atom is -0.383 e. The molecule has 20 heavy (non-hydrogen) atoms. The standard InChI is InChI=1S/C13H25N5O2/c1-14-10(9-19-4)7-12-15-13(16-20-12)11-8-17(2)5-6-18(11)3/h10-11,14H,5-9H2,1-4H3. The third-order valence-corrected chi connectivity index (χ3v) is 3.83. The summed E-state index contributed by atoms with van der Waals surface area (Å²) in [7, 11) is 7.83. The number of piperazine rings is 1. The number of aromatic nitrogens is 2. The third kappa shape index (κ3) is 3.76. The highest BCUT2D eigenvalue weighted by atomic mass is 16.5. The van der Waals surface area contributed by atoms with Crippen LogP contribution in [0.25, 0.3) is 0 Å². The van der Waals surface area contributed by atoms with Gasteiger partial charge in [0.15, 0.2) is 5.82 Å². The molecule has 0 saturated carbocycles. The van der Waals surface area contributed by atoms with Gasteiger partial charge in [0.2, 0.25) is 5.89 Å². The van der Waals surface area contributed by atoms with Crippen molar-refractivity contribution in [3.63, 3.8) is 0 Å². The van der Waals surface area contributed by atoms with Gasteiger partial charge in [0.1, 0.15) is 0 Å². The molecule has 1 fully saturated rings. The van der Waals surface area contributed by atoms with E-state index in [0.29, 0.717) is 18.9 Å². The Hall–Kier alpha value is -1.02. The summed E-state index contributed by atoms with van der Waals surface area (Å²) < 4.78 is 10.5. The first-order valence-corrected chi connectivity index (χ1v) is 7.01. The van der Waals surface area contributed by atoms with Crippen molar-refractivity contribution in [1.29, 1.82) is 0 Å². The van der Waals surface area contributed by atoms with Gasteiger partial charge in [-0.05, 0) is 21.1 Å². The van der Waals surface area contributed by atoms with Crippen molar-refractivity contribution in [1.82, 2.24) is 25.3 Å². The Morgan fingerprint density at radius 2 is 2.25 bits per heavy atom. The normalized spacial score (nSPS) is 23.1. The summed E-state index contributed by atoms with van der Waals surface area (Å²) in [5, 5.41) is 7.33. The van der Waals surface area contributed by atoms with Crippen molar-refractivity contribution >= 4 is 0 Å². The summed E-state index contributed by atoms with van der Waals surface area (Å²) in [6.07, 6.45) is 0.684. The molecule has 2 heterocycles. The molecule has 7 heteroatoms. The SMILES string of the molecule is CNC(COC)Cc1nc(C2CN(C)CCN2C)no1. The number of hydrogen-bond donors (Lipinski definition) is 1. The van der Waals surface area contributed by atoms with Crippen LogP contribution in [0.1, 0.15) is 17.8 Å². The van der Waals surface area contributed by atoms with E-state index in [1.807, 2.05) is 7.05 Å². The monoisotopic (exact) mass is 283 g/mol.